The second-order valence-electron chi connectivity index (χ2n) is 4.97. The summed E-state index contributed by atoms with van der Waals surface area (Å²) in [6.07, 6.45) is 3.00. The SMILES string of the molecule is CCOC1CCN(c2ccc(CCN)cc2F)CC1. The number of nitrogens with zero attached hydrogens (tertiary/aromatic N) is 1. The van der Waals surface area contributed by atoms with Crippen LogP contribution < -0.4 is 10.6 Å². The van der Waals surface area contributed by atoms with Gasteiger partial charge in [0.1, 0.15) is 5.82 Å². The minimum Gasteiger partial charge on any atom is -0.378 e. The van der Waals surface area contributed by atoms with Gasteiger partial charge in [-0.15, -0.1) is 0 Å². The van der Waals surface area contributed by atoms with Gasteiger partial charge in [0.05, 0.1) is 11.8 Å². The first-order valence-corrected chi connectivity index (χ1v) is 7.09. The number of piperidine rings is 1. The predicted molar refractivity (Wildman–Crippen MR) is 76.0 cm³/mol. The normalized spacial score (nSPS) is 16.9. The summed E-state index contributed by atoms with van der Waals surface area (Å²) >= 11 is 0. The molecule has 0 amide bonds. The molecule has 2 N–H and O–H groups in total. The molecule has 0 aromatic heterocycles. The van der Waals surface area contributed by atoms with Crippen LogP contribution in [0.25, 0.3) is 0 Å². The second-order valence-corrected chi connectivity index (χ2v) is 4.97. The summed E-state index contributed by atoms with van der Waals surface area (Å²) in [5.41, 5.74) is 7.16. The molecule has 0 atom stereocenters. The highest BCUT2D eigenvalue weighted by atomic mass is 19.1. The van der Waals surface area contributed by atoms with Crippen molar-refractivity contribution in [1.82, 2.24) is 0 Å². The summed E-state index contributed by atoms with van der Waals surface area (Å²) in [6.45, 7) is 5.04. The third-order valence-corrected chi connectivity index (χ3v) is 3.63. The van der Waals surface area contributed by atoms with E-state index in [2.05, 4.69) is 4.90 Å². The van der Waals surface area contributed by atoms with Crippen LogP contribution >= 0.6 is 0 Å². The van der Waals surface area contributed by atoms with E-state index in [4.69, 9.17) is 10.5 Å². The van der Waals surface area contributed by atoms with Gasteiger partial charge in [-0.3, -0.25) is 0 Å². The molecule has 1 saturated heterocycles. The van der Waals surface area contributed by atoms with Crippen LogP contribution in [0.15, 0.2) is 18.2 Å². The fourth-order valence-corrected chi connectivity index (χ4v) is 2.63. The van der Waals surface area contributed by atoms with Crippen molar-refractivity contribution >= 4 is 5.69 Å². The lowest BCUT2D eigenvalue weighted by Gasteiger charge is -2.33. The van der Waals surface area contributed by atoms with Gasteiger partial charge >= 0.3 is 0 Å². The van der Waals surface area contributed by atoms with Crippen molar-refractivity contribution in [3.63, 3.8) is 0 Å². The van der Waals surface area contributed by atoms with Crippen LogP contribution in [0.1, 0.15) is 25.3 Å². The summed E-state index contributed by atoms with van der Waals surface area (Å²) < 4.78 is 19.7. The van der Waals surface area contributed by atoms with E-state index in [9.17, 15) is 4.39 Å². The van der Waals surface area contributed by atoms with Crippen molar-refractivity contribution < 1.29 is 9.13 Å². The van der Waals surface area contributed by atoms with E-state index in [1.54, 1.807) is 6.07 Å². The first-order valence-electron chi connectivity index (χ1n) is 7.09. The molecule has 0 aliphatic carbocycles. The Bertz CT molecular complexity index is 403. The maximum absolute atomic E-state index is 14.1. The van der Waals surface area contributed by atoms with Gasteiger partial charge in [-0.2, -0.15) is 0 Å². The van der Waals surface area contributed by atoms with Crippen LogP contribution in [-0.4, -0.2) is 32.3 Å². The zero-order chi connectivity index (χ0) is 13.7. The lowest BCUT2D eigenvalue weighted by Crippen LogP contribution is -2.37. The van der Waals surface area contributed by atoms with Gasteiger partial charge in [-0.1, -0.05) is 6.07 Å². The van der Waals surface area contributed by atoms with Crippen molar-refractivity contribution in [2.45, 2.75) is 32.3 Å². The Morgan fingerprint density at radius 3 is 2.68 bits per heavy atom. The highest BCUT2D eigenvalue weighted by Crippen LogP contribution is 2.25. The molecule has 106 valence electrons. The van der Waals surface area contributed by atoms with Crippen LogP contribution in [0.3, 0.4) is 0 Å². The zero-order valence-corrected chi connectivity index (χ0v) is 11.6. The summed E-state index contributed by atoms with van der Waals surface area (Å²) in [4.78, 5) is 2.11. The molecule has 1 heterocycles. The number of hydrogen-bond acceptors (Lipinski definition) is 3. The standard InChI is InChI=1S/C15H23FN2O/c1-2-19-13-6-9-18(10-7-13)15-4-3-12(5-8-17)11-14(15)16/h3-4,11,13H,2,5-10,17H2,1H3. The van der Waals surface area contributed by atoms with Crippen LogP contribution in [0.2, 0.25) is 0 Å². The Kier molecular flexibility index (Phi) is 5.16. The topological polar surface area (TPSA) is 38.5 Å². The Balaban J connectivity index is 1.99. The van der Waals surface area contributed by atoms with Gasteiger partial charge in [0.25, 0.3) is 0 Å². The minimum absolute atomic E-state index is 0.138. The molecule has 1 aliphatic heterocycles. The van der Waals surface area contributed by atoms with Crippen LogP contribution in [0, 0.1) is 5.82 Å². The van der Waals surface area contributed by atoms with Crippen molar-refractivity contribution in [3.05, 3.63) is 29.6 Å². The van der Waals surface area contributed by atoms with Crippen molar-refractivity contribution in [3.8, 4) is 0 Å². The van der Waals surface area contributed by atoms with Crippen molar-refractivity contribution in [2.24, 2.45) is 5.73 Å². The molecule has 0 bridgehead atoms. The Labute approximate surface area is 114 Å². The first kappa shape index (κ1) is 14.3. The quantitative estimate of drug-likeness (QED) is 0.889. The lowest BCUT2D eigenvalue weighted by atomic mass is 10.1. The van der Waals surface area contributed by atoms with E-state index in [0.29, 0.717) is 18.3 Å². The van der Waals surface area contributed by atoms with Gasteiger partial charge in [0.2, 0.25) is 0 Å². The number of nitrogens with two attached hydrogens (primary N) is 1. The molecule has 0 radical (unpaired) electrons. The van der Waals surface area contributed by atoms with Crippen LogP contribution in [0.4, 0.5) is 10.1 Å². The number of halogens is 1. The molecule has 1 fully saturated rings. The van der Waals surface area contributed by atoms with Crippen molar-refractivity contribution in [1.29, 1.82) is 0 Å². The van der Waals surface area contributed by atoms with Crippen LogP contribution in [0.5, 0.6) is 0 Å². The molecule has 1 aliphatic rings. The van der Waals surface area contributed by atoms with E-state index in [0.717, 1.165) is 44.5 Å². The third-order valence-electron chi connectivity index (χ3n) is 3.63. The Morgan fingerprint density at radius 2 is 2.11 bits per heavy atom. The molecule has 0 spiro atoms. The average Bonchev–Trinajstić information content (AvgIpc) is 2.41. The van der Waals surface area contributed by atoms with Crippen molar-refractivity contribution in [2.75, 3.05) is 31.1 Å². The number of ether oxygens (including phenoxy) is 1. The van der Waals surface area contributed by atoms with E-state index in [1.165, 1.54) is 0 Å². The highest BCUT2D eigenvalue weighted by molar-refractivity contribution is 5.49. The monoisotopic (exact) mass is 266 g/mol. The highest BCUT2D eigenvalue weighted by Gasteiger charge is 2.21. The number of anilines is 1. The number of hydrogen-bond donors (Lipinski definition) is 1. The Hall–Kier alpha value is -1.13. The smallest absolute Gasteiger partial charge is 0.146 e. The summed E-state index contributed by atoms with van der Waals surface area (Å²) in [5, 5.41) is 0. The summed E-state index contributed by atoms with van der Waals surface area (Å²) in [5.74, 6) is -0.138. The molecule has 1 aromatic rings. The van der Waals surface area contributed by atoms with E-state index in [-0.39, 0.29) is 5.82 Å². The second kappa shape index (κ2) is 6.87. The fourth-order valence-electron chi connectivity index (χ4n) is 2.63. The molecule has 3 nitrogen and oxygen atoms in total. The molecule has 2 rings (SSSR count). The van der Waals surface area contributed by atoms with Gasteiger partial charge in [-0.05, 0) is 50.4 Å². The predicted octanol–water partition coefficient (Wildman–Crippen LogP) is 2.33. The lowest BCUT2D eigenvalue weighted by molar-refractivity contribution is 0.0458. The Morgan fingerprint density at radius 1 is 1.37 bits per heavy atom. The molecule has 0 saturated carbocycles. The minimum atomic E-state index is -0.138. The molecule has 4 heteroatoms. The zero-order valence-electron chi connectivity index (χ0n) is 11.6. The number of benzene rings is 1. The third kappa shape index (κ3) is 3.67. The fraction of sp³-hybridized carbons (Fsp3) is 0.600. The van der Waals surface area contributed by atoms with Gasteiger partial charge < -0.3 is 15.4 Å². The molecular weight excluding hydrogens is 243 g/mol. The molecule has 1 aromatic carbocycles. The summed E-state index contributed by atoms with van der Waals surface area (Å²) in [6, 6.07) is 5.46. The van der Waals surface area contributed by atoms with E-state index in [1.807, 2.05) is 19.1 Å². The first-order chi connectivity index (χ1) is 9.24. The van der Waals surface area contributed by atoms with Gasteiger partial charge in [0.15, 0.2) is 0 Å². The average molecular weight is 266 g/mol. The number of rotatable bonds is 5. The van der Waals surface area contributed by atoms with Gasteiger partial charge in [0, 0.05) is 19.7 Å². The largest absolute Gasteiger partial charge is 0.378 e. The van der Waals surface area contributed by atoms with Crippen LogP contribution in [-0.2, 0) is 11.2 Å². The molecule has 19 heavy (non-hydrogen) atoms. The summed E-state index contributed by atoms with van der Waals surface area (Å²) in [7, 11) is 0. The maximum Gasteiger partial charge on any atom is 0.146 e. The van der Waals surface area contributed by atoms with E-state index >= 15 is 0 Å². The maximum atomic E-state index is 14.1. The molecule has 0 unspecified atom stereocenters. The molecular formula is C15H23FN2O. The van der Waals surface area contributed by atoms with Gasteiger partial charge in [-0.25, -0.2) is 4.39 Å². The van der Waals surface area contributed by atoms with E-state index < -0.39 is 0 Å².